The number of benzene rings is 2. The molecule has 0 aromatic heterocycles. The molecule has 0 aliphatic carbocycles. The van der Waals surface area contributed by atoms with Gasteiger partial charge < -0.3 is 10.1 Å². The van der Waals surface area contributed by atoms with Gasteiger partial charge >= 0.3 is 0 Å². The van der Waals surface area contributed by atoms with Gasteiger partial charge in [0.1, 0.15) is 11.8 Å². The Kier molecular flexibility index (Phi) is 6.93. The molecule has 0 unspecified atom stereocenters. The van der Waals surface area contributed by atoms with E-state index in [-0.39, 0.29) is 6.61 Å². The number of nitrogens with one attached hydrogen (secondary N) is 2. The lowest BCUT2D eigenvalue weighted by atomic mass is 10.0. The number of hydrazone groups is 1. The number of nitrogens with zero attached hydrogens (tertiary/aromatic N) is 2. The maximum absolute atomic E-state index is 8.47. The fraction of sp³-hybridized carbons (Fsp3) is 0.211. The van der Waals surface area contributed by atoms with E-state index in [0.717, 1.165) is 11.3 Å². The Morgan fingerprint density at radius 3 is 2.48 bits per heavy atom. The van der Waals surface area contributed by atoms with Gasteiger partial charge in [0.05, 0.1) is 6.21 Å². The fourth-order valence-corrected chi connectivity index (χ4v) is 2.21. The van der Waals surface area contributed by atoms with Gasteiger partial charge in [-0.1, -0.05) is 26.0 Å². The smallest absolute Gasteiger partial charge is 0.191 e. The van der Waals surface area contributed by atoms with E-state index in [1.807, 2.05) is 30.3 Å². The van der Waals surface area contributed by atoms with E-state index >= 15 is 0 Å². The van der Waals surface area contributed by atoms with Crippen LogP contribution >= 0.6 is 12.2 Å². The van der Waals surface area contributed by atoms with Crippen molar-refractivity contribution in [3.8, 4) is 11.8 Å². The second-order valence-corrected chi connectivity index (χ2v) is 6.02. The molecule has 0 saturated heterocycles. The highest BCUT2D eigenvalue weighted by molar-refractivity contribution is 7.80. The Hall–Kier alpha value is -2.91. The summed E-state index contributed by atoms with van der Waals surface area (Å²) in [5.74, 6) is 1.15. The maximum atomic E-state index is 8.47. The molecule has 2 N–H and O–H groups in total. The number of ether oxygens (including phenoxy) is 1. The van der Waals surface area contributed by atoms with Gasteiger partial charge in [0.15, 0.2) is 11.7 Å². The molecular weight excluding hydrogens is 332 g/mol. The first kappa shape index (κ1) is 18.4. The van der Waals surface area contributed by atoms with Crippen molar-refractivity contribution < 1.29 is 4.74 Å². The van der Waals surface area contributed by atoms with E-state index in [0.29, 0.717) is 16.8 Å². The molecule has 2 aromatic carbocycles. The third kappa shape index (κ3) is 6.24. The average Bonchev–Trinajstić information content (AvgIpc) is 2.61. The highest BCUT2D eigenvalue weighted by Crippen LogP contribution is 2.17. The average molecular weight is 352 g/mol. The monoisotopic (exact) mass is 352 g/mol. The first-order valence-corrected chi connectivity index (χ1v) is 8.29. The van der Waals surface area contributed by atoms with Crippen LogP contribution in [-0.4, -0.2) is 17.9 Å². The number of hydrogen-bond donors (Lipinski definition) is 2. The van der Waals surface area contributed by atoms with E-state index in [9.17, 15) is 0 Å². The molecule has 0 heterocycles. The van der Waals surface area contributed by atoms with Crippen molar-refractivity contribution in [2.24, 2.45) is 5.10 Å². The normalized spacial score (nSPS) is 10.5. The summed E-state index contributed by atoms with van der Waals surface area (Å²) >= 11 is 5.22. The lowest BCUT2D eigenvalue weighted by Crippen LogP contribution is -2.23. The van der Waals surface area contributed by atoms with Crippen LogP contribution in [-0.2, 0) is 0 Å². The zero-order valence-corrected chi connectivity index (χ0v) is 15.0. The molecule has 128 valence electrons. The second kappa shape index (κ2) is 9.40. The van der Waals surface area contributed by atoms with Gasteiger partial charge in [-0.2, -0.15) is 10.4 Å². The van der Waals surface area contributed by atoms with Crippen LogP contribution < -0.4 is 15.5 Å². The molecule has 2 aromatic rings. The van der Waals surface area contributed by atoms with Crippen molar-refractivity contribution >= 4 is 29.2 Å². The lowest BCUT2D eigenvalue weighted by Gasteiger charge is -2.09. The molecule has 0 fully saturated rings. The number of anilines is 1. The van der Waals surface area contributed by atoms with Crippen molar-refractivity contribution in [2.45, 2.75) is 19.8 Å². The molecule has 2 rings (SSSR count). The first-order valence-electron chi connectivity index (χ1n) is 7.88. The number of hydrogen-bond acceptors (Lipinski definition) is 4. The molecule has 0 amide bonds. The van der Waals surface area contributed by atoms with Crippen LogP contribution in [0.25, 0.3) is 0 Å². The standard InChI is InChI=1S/C19H20N4OS/c1-14(2)16-5-7-17(8-6-16)22-19(25)23-21-13-15-3-9-18(10-4-15)24-12-11-20/h3-10,13-14H,12H2,1-2H3,(H2,22,23,25)/b21-13-. The summed E-state index contributed by atoms with van der Waals surface area (Å²) in [7, 11) is 0. The third-order valence-electron chi connectivity index (χ3n) is 3.40. The molecule has 25 heavy (non-hydrogen) atoms. The zero-order chi connectivity index (χ0) is 18.1. The number of rotatable bonds is 6. The summed E-state index contributed by atoms with van der Waals surface area (Å²) in [6.07, 6.45) is 1.66. The number of thiocarbonyl (C=S) groups is 1. The minimum atomic E-state index is 0.0348. The van der Waals surface area contributed by atoms with Gasteiger partial charge in [-0.05, 0) is 65.7 Å². The minimum Gasteiger partial charge on any atom is -0.479 e. The molecule has 0 saturated carbocycles. The molecule has 6 heteroatoms. The van der Waals surface area contributed by atoms with Gasteiger partial charge in [-0.25, -0.2) is 0 Å². The van der Waals surface area contributed by atoms with Gasteiger partial charge in [-0.3, -0.25) is 5.43 Å². The van der Waals surface area contributed by atoms with Gasteiger partial charge in [0.2, 0.25) is 0 Å². The first-order chi connectivity index (χ1) is 12.1. The van der Waals surface area contributed by atoms with E-state index in [1.165, 1.54) is 5.56 Å². The van der Waals surface area contributed by atoms with E-state index < -0.39 is 0 Å². The van der Waals surface area contributed by atoms with Crippen LogP contribution in [0.3, 0.4) is 0 Å². The Morgan fingerprint density at radius 2 is 1.88 bits per heavy atom. The second-order valence-electron chi connectivity index (χ2n) is 5.62. The maximum Gasteiger partial charge on any atom is 0.191 e. The molecule has 0 atom stereocenters. The van der Waals surface area contributed by atoms with Crippen LogP contribution in [0.15, 0.2) is 53.6 Å². The van der Waals surface area contributed by atoms with Gasteiger partial charge in [0, 0.05) is 5.69 Å². The third-order valence-corrected chi connectivity index (χ3v) is 3.59. The molecule has 5 nitrogen and oxygen atoms in total. The molecule has 0 spiro atoms. The summed E-state index contributed by atoms with van der Waals surface area (Å²) in [5.41, 5.74) is 5.87. The van der Waals surface area contributed by atoms with Crippen LogP contribution in [0.4, 0.5) is 5.69 Å². The van der Waals surface area contributed by atoms with E-state index in [4.69, 9.17) is 22.2 Å². The Labute approximate surface area is 153 Å². The lowest BCUT2D eigenvalue weighted by molar-refractivity contribution is 0.368. The largest absolute Gasteiger partial charge is 0.479 e. The SMILES string of the molecule is CC(C)c1ccc(NC(=S)N/N=C\c2ccc(OCC#N)cc2)cc1. The van der Waals surface area contributed by atoms with Crippen LogP contribution in [0.1, 0.15) is 30.9 Å². The van der Waals surface area contributed by atoms with Crippen molar-refractivity contribution in [3.05, 3.63) is 59.7 Å². The molecule has 0 bridgehead atoms. The molecular formula is C19H20N4OS. The Balaban J connectivity index is 1.82. The predicted octanol–water partition coefficient (Wildman–Crippen LogP) is 4.03. The minimum absolute atomic E-state index is 0.0348. The summed E-state index contributed by atoms with van der Waals surface area (Å²) in [5, 5.41) is 16.1. The summed E-state index contributed by atoms with van der Waals surface area (Å²) < 4.78 is 5.19. The van der Waals surface area contributed by atoms with E-state index in [2.05, 4.69) is 41.8 Å². The summed E-state index contributed by atoms with van der Waals surface area (Å²) in [4.78, 5) is 0. The molecule has 0 aliphatic heterocycles. The Bertz CT molecular complexity index is 762. The topological polar surface area (TPSA) is 69.4 Å². The van der Waals surface area contributed by atoms with Gasteiger partial charge in [-0.15, -0.1) is 0 Å². The molecule has 0 radical (unpaired) electrons. The van der Waals surface area contributed by atoms with Crippen LogP contribution in [0, 0.1) is 11.3 Å². The molecule has 0 aliphatic rings. The highest BCUT2D eigenvalue weighted by atomic mass is 32.1. The highest BCUT2D eigenvalue weighted by Gasteiger charge is 2.00. The van der Waals surface area contributed by atoms with Crippen molar-refractivity contribution in [3.63, 3.8) is 0 Å². The Morgan fingerprint density at radius 1 is 1.20 bits per heavy atom. The van der Waals surface area contributed by atoms with Crippen molar-refractivity contribution in [1.82, 2.24) is 5.43 Å². The predicted molar refractivity (Wildman–Crippen MR) is 105 cm³/mol. The van der Waals surface area contributed by atoms with Crippen LogP contribution in [0.5, 0.6) is 5.75 Å². The zero-order valence-electron chi connectivity index (χ0n) is 14.2. The summed E-state index contributed by atoms with van der Waals surface area (Å²) in [6, 6.07) is 17.3. The van der Waals surface area contributed by atoms with Crippen LogP contribution in [0.2, 0.25) is 0 Å². The van der Waals surface area contributed by atoms with E-state index in [1.54, 1.807) is 18.3 Å². The van der Waals surface area contributed by atoms with Gasteiger partial charge in [0.25, 0.3) is 0 Å². The van der Waals surface area contributed by atoms with Crippen molar-refractivity contribution in [1.29, 1.82) is 5.26 Å². The quantitative estimate of drug-likeness (QED) is 0.467. The van der Waals surface area contributed by atoms with Crippen molar-refractivity contribution in [2.75, 3.05) is 11.9 Å². The number of nitriles is 1. The summed E-state index contributed by atoms with van der Waals surface area (Å²) in [6.45, 7) is 4.35. The fourth-order valence-electron chi connectivity index (χ4n) is 2.04.